The SMILES string of the molecule is Cc1cc(Cl)cc(C)c1Oc1ccc(CBr)cc1[N+](=O)[O-]. The number of aryl methyl sites for hydroxylation is 2. The second kappa shape index (κ2) is 6.45. The van der Waals surface area contributed by atoms with Crippen LogP contribution in [0.1, 0.15) is 16.7 Å². The third-order valence-corrected chi connectivity index (χ3v) is 3.88. The van der Waals surface area contributed by atoms with Gasteiger partial charge in [0.2, 0.25) is 5.75 Å². The maximum absolute atomic E-state index is 11.2. The molecule has 0 unspecified atom stereocenters. The molecule has 0 aliphatic rings. The van der Waals surface area contributed by atoms with Crippen LogP contribution in [0.15, 0.2) is 30.3 Å². The summed E-state index contributed by atoms with van der Waals surface area (Å²) in [6.45, 7) is 3.71. The predicted octanol–water partition coefficient (Wildman–Crippen LogP) is 5.55. The summed E-state index contributed by atoms with van der Waals surface area (Å²) in [6.07, 6.45) is 0. The predicted molar refractivity (Wildman–Crippen MR) is 86.7 cm³/mol. The molecule has 0 spiro atoms. The number of nitro benzene ring substituents is 1. The topological polar surface area (TPSA) is 52.4 Å². The summed E-state index contributed by atoms with van der Waals surface area (Å²) in [5, 5.41) is 12.4. The van der Waals surface area contributed by atoms with Crippen LogP contribution < -0.4 is 4.74 Å². The normalized spacial score (nSPS) is 10.5. The van der Waals surface area contributed by atoms with Crippen molar-refractivity contribution in [2.24, 2.45) is 0 Å². The summed E-state index contributed by atoms with van der Waals surface area (Å²) in [4.78, 5) is 10.8. The number of halogens is 2. The van der Waals surface area contributed by atoms with Gasteiger partial charge in [-0.1, -0.05) is 33.6 Å². The molecule has 0 saturated carbocycles. The Morgan fingerprint density at radius 2 is 1.86 bits per heavy atom. The molecule has 6 heteroatoms. The van der Waals surface area contributed by atoms with Gasteiger partial charge in [-0.3, -0.25) is 10.1 Å². The number of rotatable bonds is 4. The first-order chi connectivity index (χ1) is 9.92. The number of hydrogen-bond donors (Lipinski definition) is 0. The average molecular weight is 371 g/mol. The molecule has 0 aliphatic heterocycles. The Labute approximate surface area is 136 Å². The van der Waals surface area contributed by atoms with Gasteiger partial charge in [-0.05, 0) is 48.7 Å². The molecular weight excluding hydrogens is 358 g/mol. The van der Waals surface area contributed by atoms with Gasteiger partial charge in [-0.2, -0.15) is 0 Å². The highest BCUT2D eigenvalue weighted by Crippen LogP contribution is 2.36. The lowest BCUT2D eigenvalue weighted by Crippen LogP contribution is -1.97. The largest absolute Gasteiger partial charge is 0.450 e. The summed E-state index contributed by atoms with van der Waals surface area (Å²) in [5.74, 6) is 0.812. The number of alkyl halides is 1. The van der Waals surface area contributed by atoms with Crippen LogP contribution >= 0.6 is 27.5 Å². The first kappa shape index (κ1) is 15.8. The maximum Gasteiger partial charge on any atom is 0.311 e. The van der Waals surface area contributed by atoms with E-state index in [0.717, 1.165) is 16.7 Å². The fourth-order valence-corrected chi connectivity index (χ4v) is 2.72. The van der Waals surface area contributed by atoms with Gasteiger partial charge < -0.3 is 4.74 Å². The summed E-state index contributed by atoms with van der Waals surface area (Å²) in [5.41, 5.74) is 2.43. The summed E-state index contributed by atoms with van der Waals surface area (Å²) in [7, 11) is 0. The van der Waals surface area contributed by atoms with E-state index >= 15 is 0 Å². The third kappa shape index (κ3) is 3.54. The highest BCUT2D eigenvalue weighted by Gasteiger charge is 2.18. The van der Waals surface area contributed by atoms with Crippen molar-refractivity contribution < 1.29 is 9.66 Å². The Morgan fingerprint density at radius 3 is 2.38 bits per heavy atom. The first-order valence-electron chi connectivity index (χ1n) is 6.20. The standard InChI is InChI=1S/C15H13BrClNO3/c1-9-5-12(17)6-10(2)15(9)21-14-4-3-11(8-16)7-13(14)18(19)20/h3-7H,8H2,1-2H3. The Balaban J connectivity index is 2.47. The van der Waals surface area contributed by atoms with Crippen LogP contribution in [0.5, 0.6) is 11.5 Å². The van der Waals surface area contributed by atoms with Crippen LogP contribution in [0, 0.1) is 24.0 Å². The van der Waals surface area contributed by atoms with E-state index in [-0.39, 0.29) is 11.4 Å². The van der Waals surface area contributed by atoms with Crippen LogP contribution in [-0.2, 0) is 5.33 Å². The molecule has 2 rings (SSSR count). The molecule has 0 aliphatic carbocycles. The van der Waals surface area contributed by atoms with Gasteiger partial charge >= 0.3 is 5.69 Å². The van der Waals surface area contributed by atoms with Crippen molar-refractivity contribution in [1.82, 2.24) is 0 Å². The van der Waals surface area contributed by atoms with Gasteiger partial charge in [0.1, 0.15) is 5.75 Å². The highest BCUT2D eigenvalue weighted by molar-refractivity contribution is 9.08. The van der Waals surface area contributed by atoms with Crippen molar-refractivity contribution in [2.75, 3.05) is 0 Å². The zero-order valence-electron chi connectivity index (χ0n) is 11.5. The van der Waals surface area contributed by atoms with E-state index < -0.39 is 4.92 Å². The van der Waals surface area contributed by atoms with Crippen molar-refractivity contribution in [3.05, 3.63) is 62.2 Å². The van der Waals surface area contributed by atoms with Crippen molar-refractivity contribution in [3.8, 4) is 11.5 Å². The minimum atomic E-state index is -0.442. The lowest BCUT2D eigenvalue weighted by atomic mass is 10.1. The zero-order valence-corrected chi connectivity index (χ0v) is 13.9. The van der Waals surface area contributed by atoms with E-state index in [1.165, 1.54) is 6.07 Å². The Kier molecular flexibility index (Phi) is 4.85. The van der Waals surface area contributed by atoms with Crippen LogP contribution in [0.4, 0.5) is 5.69 Å². The smallest absolute Gasteiger partial charge is 0.311 e. The zero-order chi connectivity index (χ0) is 15.6. The van der Waals surface area contributed by atoms with E-state index in [9.17, 15) is 10.1 Å². The molecule has 110 valence electrons. The Morgan fingerprint density at radius 1 is 1.24 bits per heavy atom. The molecule has 0 atom stereocenters. The van der Waals surface area contributed by atoms with E-state index in [1.807, 2.05) is 13.8 Å². The minimum absolute atomic E-state index is 0.0549. The van der Waals surface area contributed by atoms with Gasteiger partial charge in [0, 0.05) is 16.4 Å². The van der Waals surface area contributed by atoms with Crippen LogP contribution in [0.25, 0.3) is 0 Å². The van der Waals surface area contributed by atoms with E-state index in [4.69, 9.17) is 16.3 Å². The number of nitro groups is 1. The highest BCUT2D eigenvalue weighted by atomic mass is 79.9. The van der Waals surface area contributed by atoms with E-state index in [2.05, 4.69) is 15.9 Å². The minimum Gasteiger partial charge on any atom is -0.450 e. The van der Waals surface area contributed by atoms with Gasteiger partial charge in [0.25, 0.3) is 0 Å². The van der Waals surface area contributed by atoms with Gasteiger partial charge in [0.05, 0.1) is 4.92 Å². The van der Waals surface area contributed by atoms with Crippen LogP contribution in [0.3, 0.4) is 0 Å². The lowest BCUT2D eigenvalue weighted by molar-refractivity contribution is -0.385. The van der Waals surface area contributed by atoms with E-state index in [0.29, 0.717) is 16.1 Å². The molecule has 0 aromatic heterocycles. The van der Waals surface area contributed by atoms with E-state index in [1.54, 1.807) is 24.3 Å². The molecule has 2 aromatic rings. The number of hydrogen-bond acceptors (Lipinski definition) is 3. The average Bonchev–Trinajstić information content (AvgIpc) is 2.42. The molecule has 0 saturated heterocycles. The van der Waals surface area contributed by atoms with Crippen LogP contribution in [0.2, 0.25) is 5.02 Å². The monoisotopic (exact) mass is 369 g/mol. The fraction of sp³-hybridized carbons (Fsp3) is 0.200. The number of ether oxygens (including phenoxy) is 1. The molecule has 4 nitrogen and oxygen atoms in total. The molecular formula is C15H13BrClNO3. The van der Waals surface area contributed by atoms with Crippen molar-refractivity contribution in [1.29, 1.82) is 0 Å². The molecule has 21 heavy (non-hydrogen) atoms. The van der Waals surface area contributed by atoms with Crippen molar-refractivity contribution in [3.63, 3.8) is 0 Å². The third-order valence-electron chi connectivity index (χ3n) is 3.01. The number of nitrogens with zero attached hydrogens (tertiary/aromatic N) is 1. The molecule has 2 aromatic carbocycles. The van der Waals surface area contributed by atoms with Crippen molar-refractivity contribution in [2.45, 2.75) is 19.2 Å². The molecule has 0 fully saturated rings. The maximum atomic E-state index is 11.2. The second-order valence-electron chi connectivity index (χ2n) is 4.66. The Bertz CT molecular complexity index is 680. The van der Waals surface area contributed by atoms with Gasteiger partial charge in [-0.15, -0.1) is 0 Å². The quantitative estimate of drug-likeness (QED) is 0.402. The van der Waals surface area contributed by atoms with Gasteiger partial charge in [-0.25, -0.2) is 0 Å². The first-order valence-corrected chi connectivity index (χ1v) is 7.70. The molecule has 0 heterocycles. The molecule has 0 bridgehead atoms. The number of benzene rings is 2. The fourth-order valence-electron chi connectivity index (χ4n) is 2.04. The Hall–Kier alpha value is -1.59. The molecule has 0 amide bonds. The van der Waals surface area contributed by atoms with Gasteiger partial charge in [0.15, 0.2) is 0 Å². The summed E-state index contributed by atoms with van der Waals surface area (Å²) < 4.78 is 5.77. The van der Waals surface area contributed by atoms with Crippen molar-refractivity contribution >= 4 is 33.2 Å². The molecule has 0 radical (unpaired) electrons. The lowest BCUT2D eigenvalue weighted by Gasteiger charge is -2.12. The second-order valence-corrected chi connectivity index (χ2v) is 5.66. The summed E-state index contributed by atoms with van der Waals surface area (Å²) >= 11 is 9.26. The molecule has 0 N–H and O–H groups in total. The van der Waals surface area contributed by atoms with Crippen LogP contribution in [-0.4, -0.2) is 4.92 Å². The summed E-state index contributed by atoms with van der Waals surface area (Å²) in [6, 6.07) is 8.44.